The molecule has 0 amide bonds. The lowest BCUT2D eigenvalue weighted by atomic mass is 10.0. The third-order valence-electron chi connectivity index (χ3n) is 2.38. The Morgan fingerprint density at radius 3 is 1.67 bits per heavy atom. The van der Waals surface area contributed by atoms with Gasteiger partial charge in [-0.3, -0.25) is 0 Å². The lowest BCUT2D eigenvalue weighted by molar-refractivity contribution is 0.0135. The molecule has 0 spiro atoms. The lowest BCUT2D eigenvalue weighted by Gasteiger charge is -2.17. The first-order valence-corrected chi connectivity index (χ1v) is 3.33. The van der Waals surface area contributed by atoms with Crippen LogP contribution in [0.3, 0.4) is 0 Å². The summed E-state index contributed by atoms with van der Waals surface area (Å²) in [7, 11) is 0. The Bertz CT molecular complexity index is 137. The Balaban J connectivity index is 2.26. The highest BCUT2D eigenvalue weighted by Crippen LogP contribution is 2.38. The zero-order chi connectivity index (χ0) is 6.43. The predicted octanol–water partition coefficient (Wildman–Crippen LogP) is -0.0859. The van der Waals surface area contributed by atoms with E-state index in [0.29, 0.717) is 0 Å². The van der Waals surface area contributed by atoms with Crippen molar-refractivity contribution in [1.29, 1.82) is 0 Å². The highest BCUT2D eigenvalue weighted by Gasteiger charge is 2.42. The van der Waals surface area contributed by atoms with Gasteiger partial charge in [0.15, 0.2) is 0 Å². The van der Waals surface area contributed by atoms with E-state index in [-0.39, 0.29) is 11.8 Å². The van der Waals surface area contributed by atoms with Gasteiger partial charge in [-0.2, -0.15) is 0 Å². The molecule has 0 aromatic carbocycles. The van der Waals surface area contributed by atoms with E-state index in [9.17, 15) is 10.2 Å². The minimum atomic E-state index is -0.486. The summed E-state index contributed by atoms with van der Waals surface area (Å²) in [6, 6.07) is 0. The van der Waals surface area contributed by atoms with Crippen LogP contribution in [0.15, 0.2) is 12.2 Å². The van der Waals surface area contributed by atoms with Crippen molar-refractivity contribution < 1.29 is 10.2 Å². The first-order valence-electron chi connectivity index (χ1n) is 3.33. The second kappa shape index (κ2) is 1.58. The Labute approximate surface area is 53.8 Å². The van der Waals surface area contributed by atoms with Gasteiger partial charge in [0.1, 0.15) is 0 Å². The summed E-state index contributed by atoms with van der Waals surface area (Å²) in [5, 5.41) is 18.4. The Morgan fingerprint density at radius 2 is 1.44 bits per heavy atom. The van der Waals surface area contributed by atoms with E-state index in [1.165, 1.54) is 0 Å². The number of aliphatic hydroxyl groups excluding tert-OH is 2. The quantitative estimate of drug-likeness (QED) is 0.445. The second-order valence-electron chi connectivity index (χ2n) is 2.93. The molecule has 2 bridgehead atoms. The van der Waals surface area contributed by atoms with Crippen molar-refractivity contribution in [1.82, 2.24) is 0 Å². The number of aliphatic hydroxyl groups is 2. The summed E-state index contributed by atoms with van der Waals surface area (Å²) in [6.45, 7) is 0. The third kappa shape index (κ3) is 0.575. The maximum absolute atomic E-state index is 9.19. The first kappa shape index (κ1) is 5.45. The molecule has 0 aromatic heterocycles. The zero-order valence-corrected chi connectivity index (χ0v) is 5.07. The van der Waals surface area contributed by atoms with Crippen molar-refractivity contribution in [2.75, 3.05) is 0 Å². The van der Waals surface area contributed by atoms with Gasteiger partial charge in [-0.1, -0.05) is 12.2 Å². The average molecular weight is 126 g/mol. The van der Waals surface area contributed by atoms with Gasteiger partial charge in [0.05, 0.1) is 12.2 Å². The van der Waals surface area contributed by atoms with Crippen molar-refractivity contribution in [3.63, 3.8) is 0 Å². The van der Waals surface area contributed by atoms with Gasteiger partial charge >= 0.3 is 0 Å². The average Bonchev–Trinajstić information content (AvgIpc) is 2.37. The molecular weight excluding hydrogens is 116 g/mol. The summed E-state index contributed by atoms with van der Waals surface area (Å²) >= 11 is 0. The topological polar surface area (TPSA) is 40.5 Å². The lowest BCUT2D eigenvalue weighted by Crippen LogP contribution is -2.29. The van der Waals surface area contributed by atoms with E-state index in [2.05, 4.69) is 0 Å². The van der Waals surface area contributed by atoms with Gasteiger partial charge < -0.3 is 10.2 Å². The van der Waals surface area contributed by atoms with Crippen LogP contribution in [0.1, 0.15) is 6.42 Å². The van der Waals surface area contributed by atoms with Gasteiger partial charge in [0, 0.05) is 11.8 Å². The van der Waals surface area contributed by atoms with Crippen LogP contribution in [0.4, 0.5) is 0 Å². The Kier molecular flexibility index (Phi) is 0.957. The molecule has 2 nitrogen and oxygen atoms in total. The fourth-order valence-electron chi connectivity index (χ4n) is 1.77. The first-order chi connectivity index (χ1) is 4.29. The van der Waals surface area contributed by atoms with Crippen molar-refractivity contribution in [2.45, 2.75) is 18.6 Å². The normalized spacial score (nSPS) is 54.9. The molecule has 2 aliphatic rings. The fourth-order valence-corrected chi connectivity index (χ4v) is 1.77. The van der Waals surface area contributed by atoms with Crippen LogP contribution in [0.2, 0.25) is 0 Å². The van der Waals surface area contributed by atoms with Crippen LogP contribution in [0.25, 0.3) is 0 Å². The molecule has 0 aliphatic heterocycles. The number of fused-ring (bicyclic) bond motifs is 2. The number of hydrogen-bond donors (Lipinski definition) is 2. The van der Waals surface area contributed by atoms with Crippen LogP contribution < -0.4 is 0 Å². The van der Waals surface area contributed by atoms with Crippen LogP contribution >= 0.6 is 0 Å². The third-order valence-corrected chi connectivity index (χ3v) is 2.38. The summed E-state index contributed by atoms with van der Waals surface area (Å²) < 4.78 is 0. The highest BCUT2D eigenvalue weighted by atomic mass is 16.3. The van der Waals surface area contributed by atoms with E-state index >= 15 is 0 Å². The molecule has 2 rings (SSSR count). The monoisotopic (exact) mass is 126 g/mol. The molecular formula is C7H10O2. The van der Waals surface area contributed by atoms with Gasteiger partial charge in [-0.05, 0) is 6.42 Å². The summed E-state index contributed by atoms with van der Waals surface area (Å²) in [4.78, 5) is 0. The molecule has 2 heteroatoms. The minimum Gasteiger partial charge on any atom is -0.390 e. The molecule has 1 fully saturated rings. The van der Waals surface area contributed by atoms with Crippen molar-refractivity contribution in [2.24, 2.45) is 11.8 Å². The van der Waals surface area contributed by atoms with Gasteiger partial charge in [-0.25, -0.2) is 0 Å². The molecule has 50 valence electrons. The van der Waals surface area contributed by atoms with Crippen LogP contribution in [0, 0.1) is 11.8 Å². The standard InChI is InChI=1S/C7H10O2/c8-6-4-1-2-5(3-4)7(6)9/h1-2,4-9H,3H2/t4?,5?,6-,7+. The molecule has 0 radical (unpaired) electrons. The van der Waals surface area contributed by atoms with E-state index in [4.69, 9.17) is 0 Å². The van der Waals surface area contributed by atoms with Gasteiger partial charge in [-0.15, -0.1) is 0 Å². The number of hydrogen-bond acceptors (Lipinski definition) is 2. The van der Waals surface area contributed by atoms with Gasteiger partial charge in [0.25, 0.3) is 0 Å². The van der Waals surface area contributed by atoms with Crippen LogP contribution in [0.5, 0.6) is 0 Å². The molecule has 2 N–H and O–H groups in total. The Morgan fingerprint density at radius 1 is 1.00 bits per heavy atom. The number of rotatable bonds is 0. The SMILES string of the molecule is O[C@@H]1C2C=CC(C2)[C@@H]1O. The molecule has 2 aliphatic carbocycles. The van der Waals surface area contributed by atoms with Gasteiger partial charge in [0.2, 0.25) is 0 Å². The molecule has 0 aromatic rings. The molecule has 0 saturated heterocycles. The molecule has 1 saturated carbocycles. The Hall–Kier alpha value is -0.340. The largest absolute Gasteiger partial charge is 0.390 e. The smallest absolute Gasteiger partial charge is 0.0867 e. The molecule has 0 heterocycles. The van der Waals surface area contributed by atoms with Crippen LogP contribution in [-0.2, 0) is 0 Å². The highest BCUT2D eigenvalue weighted by molar-refractivity contribution is 5.14. The van der Waals surface area contributed by atoms with Crippen molar-refractivity contribution >= 4 is 0 Å². The van der Waals surface area contributed by atoms with E-state index in [0.717, 1.165) is 6.42 Å². The van der Waals surface area contributed by atoms with E-state index < -0.39 is 12.2 Å². The predicted molar refractivity (Wildman–Crippen MR) is 32.8 cm³/mol. The summed E-state index contributed by atoms with van der Waals surface area (Å²) in [5.41, 5.74) is 0. The maximum atomic E-state index is 9.19. The molecule has 4 atom stereocenters. The fraction of sp³-hybridized carbons (Fsp3) is 0.714. The van der Waals surface area contributed by atoms with Crippen LogP contribution in [-0.4, -0.2) is 22.4 Å². The summed E-state index contributed by atoms with van der Waals surface area (Å²) in [5.74, 6) is 0.481. The zero-order valence-electron chi connectivity index (χ0n) is 5.07. The second-order valence-corrected chi connectivity index (χ2v) is 2.93. The minimum absolute atomic E-state index is 0.241. The maximum Gasteiger partial charge on any atom is 0.0867 e. The van der Waals surface area contributed by atoms with Crippen molar-refractivity contribution in [3.05, 3.63) is 12.2 Å². The summed E-state index contributed by atoms with van der Waals surface area (Å²) in [6.07, 6.45) is 3.98. The molecule has 9 heavy (non-hydrogen) atoms. The molecule has 2 unspecified atom stereocenters. The van der Waals surface area contributed by atoms with E-state index in [1.54, 1.807) is 0 Å². The van der Waals surface area contributed by atoms with Crippen molar-refractivity contribution in [3.8, 4) is 0 Å². The van der Waals surface area contributed by atoms with E-state index in [1.807, 2.05) is 12.2 Å².